The van der Waals surface area contributed by atoms with E-state index in [1.54, 1.807) is 23.9 Å². The van der Waals surface area contributed by atoms with E-state index >= 15 is 0 Å². The molecule has 1 heterocycles. The topological polar surface area (TPSA) is 50.9 Å². The van der Waals surface area contributed by atoms with Crippen molar-refractivity contribution in [2.24, 2.45) is 0 Å². The van der Waals surface area contributed by atoms with Crippen molar-refractivity contribution in [1.29, 1.82) is 0 Å². The van der Waals surface area contributed by atoms with Crippen LogP contribution in [0.1, 0.15) is 0 Å². The maximum atomic E-state index is 9.63. The lowest BCUT2D eigenvalue weighted by molar-refractivity contribution is 0.167. The number of hydrogen-bond acceptors (Lipinski definition) is 4. The number of halogens is 1. The third-order valence-electron chi connectivity index (χ3n) is 2.12. The Bertz CT molecular complexity index is 488. The molecule has 0 bridgehead atoms. The van der Waals surface area contributed by atoms with Crippen LogP contribution in [0.2, 0.25) is 5.02 Å². The molecule has 1 aromatic heterocycles. The van der Waals surface area contributed by atoms with Gasteiger partial charge in [-0.2, -0.15) is 26.8 Å². The van der Waals surface area contributed by atoms with Crippen molar-refractivity contribution >= 4 is 34.4 Å². The number of thioether (sulfide) groups is 1. The third-order valence-corrected chi connectivity index (χ3v) is 3.07. The van der Waals surface area contributed by atoms with Crippen LogP contribution < -0.4 is 0 Å². The van der Waals surface area contributed by atoms with E-state index < -0.39 is 6.10 Å². The predicted molar refractivity (Wildman–Crippen MR) is 66.9 cm³/mol. The summed E-state index contributed by atoms with van der Waals surface area (Å²) >= 11 is 7.45. The van der Waals surface area contributed by atoms with E-state index in [1.165, 1.54) is 4.80 Å². The highest BCUT2D eigenvalue weighted by atomic mass is 35.5. The number of aromatic nitrogens is 3. The van der Waals surface area contributed by atoms with Gasteiger partial charge in [0.25, 0.3) is 0 Å². The van der Waals surface area contributed by atoms with Gasteiger partial charge in [0.1, 0.15) is 11.0 Å². The fourth-order valence-corrected chi connectivity index (χ4v) is 2.10. The second-order valence-electron chi connectivity index (χ2n) is 3.50. The molecule has 0 fully saturated rings. The second kappa shape index (κ2) is 5.03. The molecule has 0 aliphatic heterocycles. The molecule has 0 saturated heterocycles. The van der Waals surface area contributed by atoms with Crippen molar-refractivity contribution in [2.75, 3.05) is 12.0 Å². The smallest absolute Gasteiger partial charge is 0.114 e. The first-order valence-corrected chi connectivity index (χ1v) is 6.63. The van der Waals surface area contributed by atoms with Gasteiger partial charge in [0, 0.05) is 10.8 Å². The van der Waals surface area contributed by atoms with E-state index in [-0.39, 0.29) is 0 Å². The first-order chi connectivity index (χ1) is 7.69. The largest absolute Gasteiger partial charge is 0.390 e. The Morgan fingerprint density at radius 1 is 1.44 bits per heavy atom. The molecule has 2 aromatic rings. The SMILES string of the molecule is CSCC(O)Cn1nc2ccc(Cl)cc2n1. The Balaban J connectivity index is 2.19. The highest BCUT2D eigenvalue weighted by Gasteiger charge is 2.08. The lowest BCUT2D eigenvalue weighted by Crippen LogP contribution is -2.20. The Labute approximate surface area is 103 Å². The predicted octanol–water partition coefficient (Wildman–Crippen LogP) is 1.81. The van der Waals surface area contributed by atoms with Crippen LogP contribution in [0, 0.1) is 0 Å². The summed E-state index contributed by atoms with van der Waals surface area (Å²) < 4.78 is 0. The summed E-state index contributed by atoms with van der Waals surface area (Å²) in [4.78, 5) is 1.52. The van der Waals surface area contributed by atoms with Gasteiger partial charge in [-0.15, -0.1) is 0 Å². The van der Waals surface area contributed by atoms with Gasteiger partial charge in [0.05, 0.1) is 12.6 Å². The number of benzene rings is 1. The van der Waals surface area contributed by atoms with Crippen molar-refractivity contribution in [3.05, 3.63) is 23.2 Å². The fourth-order valence-electron chi connectivity index (χ4n) is 1.45. The Kier molecular flexibility index (Phi) is 3.68. The molecule has 86 valence electrons. The van der Waals surface area contributed by atoms with Crippen LogP contribution in [-0.2, 0) is 6.54 Å². The zero-order valence-corrected chi connectivity index (χ0v) is 10.4. The summed E-state index contributed by atoms with van der Waals surface area (Å²) in [5.74, 6) is 0.679. The summed E-state index contributed by atoms with van der Waals surface area (Å²) in [5.41, 5.74) is 1.55. The molecule has 4 nitrogen and oxygen atoms in total. The third kappa shape index (κ3) is 2.66. The first kappa shape index (κ1) is 11.7. The molecule has 2 rings (SSSR count). The minimum absolute atomic E-state index is 0.410. The maximum absolute atomic E-state index is 9.63. The van der Waals surface area contributed by atoms with Gasteiger partial charge in [0.15, 0.2) is 0 Å². The van der Waals surface area contributed by atoms with Gasteiger partial charge in [0.2, 0.25) is 0 Å². The Hall–Kier alpha value is -0.780. The monoisotopic (exact) mass is 257 g/mol. The van der Waals surface area contributed by atoms with Crippen molar-refractivity contribution in [2.45, 2.75) is 12.6 Å². The van der Waals surface area contributed by atoms with Crippen LogP contribution >= 0.6 is 23.4 Å². The highest BCUT2D eigenvalue weighted by Crippen LogP contribution is 2.15. The van der Waals surface area contributed by atoms with E-state index in [0.717, 1.165) is 11.0 Å². The molecule has 1 aromatic carbocycles. The van der Waals surface area contributed by atoms with E-state index in [2.05, 4.69) is 10.2 Å². The molecular weight excluding hydrogens is 246 g/mol. The molecule has 0 aliphatic rings. The van der Waals surface area contributed by atoms with Crippen LogP contribution in [0.25, 0.3) is 11.0 Å². The lowest BCUT2D eigenvalue weighted by Gasteiger charge is -2.06. The zero-order chi connectivity index (χ0) is 11.5. The molecule has 0 radical (unpaired) electrons. The molecule has 0 aliphatic carbocycles. The van der Waals surface area contributed by atoms with Crippen molar-refractivity contribution in [1.82, 2.24) is 15.0 Å². The number of hydrogen-bond donors (Lipinski definition) is 1. The first-order valence-electron chi connectivity index (χ1n) is 4.86. The van der Waals surface area contributed by atoms with Crippen LogP contribution in [0.4, 0.5) is 0 Å². The second-order valence-corrected chi connectivity index (χ2v) is 4.84. The molecule has 0 spiro atoms. The van der Waals surface area contributed by atoms with E-state index in [4.69, 9.17) is 11.6 Å². The molecule has 1 N–H and O–H groups in total. The number of fused-ring (bicyclic) bond motifs is 1. The normalized spacial score (nSPS) is 13.2. The summed E-state index contributed by atoms with van der Waals surface area (Å²) in [5, 5.41) is 18.8. The van der Waals surface area contributed by atoms with Crippen LogP contribution in [-0.4, -0.2) is 38.2 Å². The molecule has 1 unspecified atom stereocenters. The van der Waals surface area contributed by atoms with Crippen LogP contribution in [0.3, 0.4) is 0 Å². The number of aliphatic hydroxyl groups is 1. The van der Waals surface area contributed by atoms with Gasteiger partial charge in [-0.05, 0) is 24.5 Å². The highest BCUT2D eigenvalue weighted by molar-refractivity contribution is 7.98. The summed E-state index contributed by atoms with van der Waals surface area (Å²) in [7, 11) is 0. The summed E-state index contributed by atoms with van der Waals surface area (Å²) in [6.07, 6.45) is 1.53. The van der Waals surface area contributed by atoms with E-state index in [0.29, 0.717) is 17.3 Å². The minimum atomic E-state index is -0.424. The molecular formula is C10H12ClN3OS. The number of aliphatic hydroxyl groups excluding tert-OH is 1. The molecule has 0 amide bonds. The quantitative estimate of drug-likeness (QED) is 0.908. The molecule has 6 heteroatoms. The van der Waals surface area contributed by atoms with Crippen LogP contribution in [0.5, 0.6) is 0 Å². The zero-order valence-electron chi connectivity index (χ0n) is 8.80. The molecule has 1 atom stereocenters. The van der Waals surface area contributed by atoms with Crippen molar-refractivity contribution in [3.63, 3.8) is 0 Å². The lowest BCUT2D eigenvalue weighted by atomic mass is 10.3. The van der Waals surface area contributed by atoms with Crippen LogP contribution in [0.15, 0.2) is 18.2 Å². The standard InChI is InChI=1S/C10H12ClN3OS/c1-16-6-8(15)5-14-12-9-3-2-7(11)4-10(9)13-14/h2-4,8,15H,5-6H2,1H3. The average molecular weight is 258 g/mol. The van der Waals surface area contributed by atoms with E-state index in [9.17, 15) is 5.11 Å². The number of nitrogens with zero attached hydrogens (tertiary/aromatic N) is 3. The van der Waals surface area contributed by atoms with Crippen molar-refractivity contribution in [3.8, 4) is 0 Å². The van der Waals surface area contributed by atoms with Gasteiger partial charge in [-0.3, -0.25) is 0 Å². The maximum Gasteiger partial charge on any atom is 0.114 e. The van der Waals surface area contributed by atoms with Gasteiger partial charge in [-0.1, -0.05) is 11.6 Å². The summed E-state index contributed by atoms with van der Waals surface area (Å²) in [6, 6.07) is 5.37. The Morgan fingerprint density at radius 2 is 2.19 bits per heavy atom. The Morgan fingerprint density at radius 3 is 2.94 bits per heavy atom. The molecule has 16 heavy (non-hydrogen) atoms. The molecule has 0 saturated carbocycles. The average Bonchev–Trinajstić information content (AvgIpc) is 2.59. The number of rotatable bonds is 4. The fraction of sp³-hybridized carbons (Fsp3) is 0.400. The van der Waals surface area contributed by atoms with Gasteiger partial charge in [-0.25, -0.2) is 0 Å². The van der Waals surface area contributed by atoms with E-state index in [1.807, 2.05) is 12.3 Å². The minimum Gasteiger partial charge on any atom is -0.390 e. The summed E-state index contributed by atoms with van der Waals surface area (Å²) in [6.45, 7) is 0.410. The van der Waals surface area contributed by atoms with Crippen molar-refractivity contribution < 1.29 is 5.11 Å². The van der Waals surface area contributed by atoms with Gasteiger partial charge < -0.3 is 5.11 Å². The van der Waals surface area contributed by atoms with Gasteiger partial charge >= 0.3 is 0 Å².